The van der Waals surface area contributed by atoms with E-state index in [1.807, 2.05) is 10.6 Å². The maximum atomic E-state index is 13.1. The molecular formula is C22H27N5O5. The zero-order valence-electron chi connectivity index (χ0n) is 18.1. The normalized spacial score (nSPS) is 19.0. The number of methoxy groups -OCH3 is 1. The van der Waals surface area contributed by atoms with Crippen LogP contribution in [0.25, 0.3) is 11.1 Å². The molecule has 0 radical (unpaired) electrons. The van der Waals surface area contributed by atoms with Gasteiger partial charge in [-0.3, -0.25) is 13.9 Å². The highest BCUT2D eigenvalue weighted by Crippen LogP contribution is 2.37. The number of fused-ring (bicyclic) bond motifs is 1. The maximum absolute atomic E-state index is 13.1. The molecular weight excluding hydrogens is 414 g/mol. The molecule has 5 rings (SSSR count). The second-order valence-electron chi connectivity index (χ2n) is 8.56. The molecule has 1 saturated heterocycles. The summed E-state index contributed by atoms with van der Waals surface area (Å²) in [7, 11) is 1.60. The lowest BCUT2D eigenvalue weighted by Gasteiger charge is -2.32. The number of rotatable bonds is 7. The van der Waals surface area contributed by atoms with Crippen LogP contribution in [0.15, 0.2) is 38.3 Å². The summed E-state index contributed by atoms with van der Waals surface area (Å²) in [5.41, 5.74) is 0.982. The predicted molar refractivity (Wildman–Crippen MR) is 116 cm³/mol. The third-order valence-electron chi connectivity index (χ3n) is 6.32. The summed E-state index contributed by atoms with van der Waals surface area (Å²) in [6, 6.07) is 7.29. The first kappa shape index (κ1) is 20.7. The Labute approximate surface area is 184 Å². The average Bonchev–Trinajstić information content (AvgIpc) is 3.52. The van der Waals surface area contributed by atoms with Crippen LogP contribution in [0.1, 0.15) is 43.5 Å². The number of benzene rings is 1. The summed E-state index contributed by atoms with van der Waals surface area (Å²) in [6.45, 7) is 1.87. The topological polar surface area (TPSA) is 104 Å². The molecule has 1 aromatic carbocycles. The second-order valence-corrected chi connectivity index (χ2v) is 8.56. The van der Waals surface area contributed by atoms with Crippen LogP contribution in [0.4, 0.5) is 0 Å². The fourth-order valence-corrected chi connectivity index (χ4v) is 4.53. The SMILES string of the molecule is COCCn1nc(C2CCCN(C(=O)Cn3c(=O)oc4ccccc43)C2)n(C2CC2)c1=O. The summed E-state index contributed by atoms with van der Waals surface area (Å²) < 4.78 is 15.0. The molecule has 3 aromatic rings. The summed E-state index contributed by atoms with van der Waals surface area (Å²) in [5.74, 6) is 0.0784. The number of hydrogen-bond acceptors (Lipinski definition) is 6. The van der Waals surface area contributed by atoms with Gasteiger partial charge in [0.25, 0.3) is 0 Å². The van der Waals surface area contributed by atoms with Crippen molar-refractivity contribution in [3.8, 4) is 0 Å². The molecule has 0 bridgehead atoms. The van der Waals surface area contributed by atoms with Gasteiger partial charge in [-0.2, -0.15) is 5.10 Å². The quantitative estimate of drug-likeness (QED) is 0.548. The Bertz CT molecular complexity index is 1250. The highest BCUT2D eigenvalue weighted by atomic mass is 16.5. The lowest BCUT2D eigenvalue weighted by Crippen LogP contribution is -2.42. The van der Waals surface area contributed by atoms with Crippen molar-refractivity contribution in [3.05, 3.63) is 51.1 Å². The number of aromatic nitrogens is 4. The second kappa shape index (κ2) is 8.42. The number of oxazole rings is 1. The number of para-hydroxylation sites is 2. The van der Waals surface area contributed by atoms with Crippen LogP contribution in [0.2, 0.25) is 0 Å². The van der Waals surface area contributed by atoms with Crippen molar-refractivity contribution >= 4 is 17.0 Å². The maximum Gasteiger partial charge on any atom is 0.420 e. The predicted octanol–water partition coefficient (Wildman–Crippen LogP) is 1.34. The number of hydrogen-bond donors (Lipinski definition) is 0. The molecule has 0 spiro atoms. The van der Waals surface area contributed by atoms with E-state index in [4.69, 9.17) is 9.15 Å². The fraction of sp³-hybridized carbons (Fsp3) is 0.545. The smallest absolute Gasteiger partial charge is 0.408 e. The van der Waals surface area contributed by atoms with Gasteiger partial charge < -0.3 is 14.1 Å². The Kier molecular flexibility index (Phi) is 5.46. The van der Waals surface area contributed by atoms with Crippen molar-refractivity contribution in [2.24, 2.45) is 0 Å². The molecule has 10 heteroatoms. The molecule has 1 aliphatic heterocycles. The van der Waals surface area contributed by atoms with E-state index in [9.17, 15) is 14.4 Å². The minimum atomic E-state index is -0.535. The van der Waals surface area contributed by atoms with Gasteiger partial charge in [0.05, 0.1) is 18.7 Å². The number of carbonyl (C=O) groups is 1. The van der Waals surface area contributed by atoms with E-state index in [1.54, 1.807) is 30.2 Å². The average molecular weight is 441 g/mol. The third-order valence-corrected chi connectivity index (χ3v) is 6.32. The standard InChI is InChI=1S/C22H27N5O5/c1-31-12-11-26-21(29)27(16-8-9-16)20(23-26)15-5-4-10-24(13-15)19(28)14-25-17-6-2-3-7-18(17)32-22(25)30/h2-3,6-7,15-16H,4-5,8-14H2,1H3. The van der Waals surface area contributed by atoms with Gasteiger partial charge in [0, 0.05) is 32.2 Å². The Morgan fingerprint density at radius 2 is 2.03 bits per heavy atom. The highest BCUT2D eigenvalue weighted by molar-refractivity contribution is 5.79. The van der Waals surface area contributed by atoms with Gasteiger partial charge in [0.2, 0.25) is 5.91 Å². The number of amides is 1. The molecule has 2 aliphatic rings. The fourth-order valence-electron chi connectivity index (χ4n) is 4.53. The third kappa shape index (κ3) is 3.79. The van der Waals surface area contributed by atoms with Crippen molar-refractivity contribution in [2.75, 3.05) is 26.8 Å². The zero-order valence-corrected chi connectivity index (χ0v) is 18.1. The van der Waals surface area contributed by atoms with E-state index in [0.717, 1.165) is 31.5 Å². The van der Waals surface area contributed by atoms with Crippen molar-refractivity contribution in [1.29, 1.82) is 0 Å². The van der Waals surface area contributed by atoms with Gasteiger partial charge in [0.1, 0.15) is 12.4 Å². The van der Waals surface area contributed by atoms with Gasteiger partial charge in [-0.15, -0.1) is 0 Å². The first-order valence-corrected chi connectivity index (χ1v) is 11.1. The van der Waals surface area contributed by atoms with E-state index in [0.29, 0.717) is 37.3 Å². The Balaban J connectivity index is 1.37. The van der Waals surface area contributed by atoms with Gasteiger partial charge >= 0.3 is 11.4 Å². The molecule has 3 heterocycles. The molecule has 1 unspecified atom stereocenters. The first-order valence-electron chi connectivity index (χ1n) is 11.1. The van der Waals surface area contributed by atoms with Crippen molar-refractivity contribution in [1.82, 2.24) is 23.8 Å². The minimum absolute atomic E-state index is 0.0115. The molecule has 32 heavy (non-hydrogen) atoms. The van der Waals surface area contributed by atoms with Crippen molar-refractivity contribution in [3.63, 3.8) is 0 Å². The van der Waals surface area contributed by atoms with E-state index in [1.165, 1.54) is 9.25 Å². The van der Waals surface area contributed by atoms with Gasteiger partial charge in [0.15, 0.2) is 5.58 Å². The van der Waals surface area contributed by atoms with Crippen LogP contribution in [-0.4, -0.2) is 56.5 Å². The molecule has 2 aromatic heterocycles. The number of carbonyl (C=O) groups excluding carboxylic acids is 1. The Hall–Kier alpha value is -3.14. The van der Waals surface area contributed by atoms with Gasteiger partial charge in [-0.25, -0.2) is 14.3 Å². The van der Waals surface area contributed by atoms with Gasteiger partial charge in [-0.05, 0) is 37.8 Å². The van der Waals surface area contributed by atoms with E-state index in [2.05, 4.69) is 5.10 Å². The molecule has 1 aliphatic carbocycles. The van der Waals surface area contributed by atoms with Gasteiger partial charge in [-0.1, -0.05) is 12.1 Å². The minimum Gasteiger partial charge on any atom is -0.408 e. The molecule has 10 nitrogen and oxygen atoms in total. The number of ether oxygens (including phenoxy) is 1. The zero-order chi connectivity index (χ0) is 22.2. The van der Waals surface area contributed by atoms with Crippen LogP contribution in [0.5, 0.6) is 0 Å². The monoisotopic (exact) mass is 441 g/mol. The summed E-state index contributed by atoms with van der Waals surface area (Å²) >= 11 is 0. The van der Waals surface area contributed by atoms with Crippen molar-refractivity contribution in [2.45, 2.75) is 50.7 Å². The van der Waals surface area contributed by atoms with Crippen LogP contribution in [0.3, 0.4) is 0 Å². The molecule has 1 amide bonds. The summed E-state index contributed by atoms with van der Waals surface area (Å²) in [6.07, 6.45) is 3.65. The largest absolute Gasteiger partial charge is 0.420 e. The molecule has 1 saturated carbocycles. The first-order chi connectivity index (χ1) is 15.6. The molecule has 2 fully saturated rings. The van der Waals surface area contributed by atoms with Crippen LogP contribution >= 0.6 is 0 Å². The molecule has 170 valence electrons. The number of likely N-dealkylation sites (tertiary alicyclic amines) is 1. The molecule has 0 N–H and O–H groups in total. The Morgan fingerprint density at radius 1 is 1.22 bits per heavy atom. The highest BCUT2D eigenvalue weighted by Gasteiger charge is 2.35. The Morgan fingerprint density at radius 3 is 2.81 bits per heavy atom. The lowest BCUT2D eigenvalue weighted by atomic mass is 9.97. The van der Waals surface area contributed by atoms with E-state index in [-0.39, 0.29) is 30.1 Å². The summed E-state index contributed by atoms with van der Waals surface area (Å²) in [4.78, 5) is 40.0. The van der Waals surface area contributed by atoms with Crippen LogP contribution in [-0.2, 0) is 22.6 Å². The van der Waals surface area contributed by atoms with Crippen LogP contribution < -0.4 is 11.4 Å². The van der Waals surface area contributed by atoms with Crippen LogP contribution in [0, 0.1) is 0 Å². The lowest BCUT2D eigenvalue weighted by molar-refractivity contribution is -0.133. The number of nitrogens with zero attached hydrogens (tertiary/aromatic N) is 5. The number of piperidine rings is 1. The van der Waals surface area contributed by atoms with Crippen molar-refractivity contribution < 1.29 is 13.9 Å². The summed E-state index contributed by atoms with van der Waals surface area (Å²) in [5, 5.41) is 4.64. The molecule has 1 atom stereocenters. The van der Waals surface area contributed by atoms with E-state index >= 15 is 0 Å². The van der Waals surface area contributed by atoms with E-state index < -0.39 is 5.76 Å².